The number of nitriles is 1. The molecule has 2 aromatic rings. The first-order valence-electron chi connectivity index (χ1n) is 5.34. The standard InChI is InChI=1S/C14H13N2O.6FH.Sb.3H/c1-17-14-4-2-13(3-5-14)11-16-8-6-12(10-15)7-9-16;;;;;;;;;;/h2-9H,11H2,1H3;6*1H;;;;/q+1;;;;;;;;;;/p-6. The van der Waals surface area contributed by atoms with E-state index < -0.39 is 0 Å². The second kappa shape index (κ2) is 19.1. The SMILES string of the molecule is COc1ccc(C[n+]2ccc(C#N)cc2)cc1.[F-].[F-].[F-].[F-].[F-].[F-].[SbH3]. The van der Waals surface area contributed by atoms with Crippen LogP contribution in [0.25, 0.3) is 0 Å². The summed E-state index contributed by atoms with van der Waals surface area (Å²) >= 11 is 0. The van der Waals surface area contributed by atoms with E-state index in [0.717, 1.165) is 12.3 Å². The fraction of sp³-hybridized carbons (Fsp3) is 0.143. The van der Waals surface area contributed by atoms with Crippen molar-refractivity contribution in [2.45, 2.75) is 6.54 Å². The average Bonchev–Trinajstić information content (AvgIpc) is 2.40. The second-order valence-corrected chi connectivity index (χ2v) is 3.72. The van der Waals surface area contributed by atoms with Gasteiger partial charge in [-0.15, -0.1) is 0 Å². The Kier molecular flexibility index (Phi) is 30.2. The van der Waals surface area contributed by atoms with E-state index >= 15 is 0 Å². The van der Waals surface area contributed by atoms with Crippen LogP contribution < -0.4 is 37.5 Å². The molecule has 1 heterocycles. The minimum atomic E-state index is 0. The summed E-state index contributed by atoms with van der Waals surface area (Å²) in [5.74, 6) is 0.860. The van der Waals surface area contributed by atoms with E-state index in [1.54, 1.807) is 7.11 Å². The van der Waals surface area contributed by atoms with Crippen LogP contribution in [0.4, 0.5) is 0 Å². The van der Waals surface area contributed by atoms with E-state index in [-0.39, 0.29) is 52.7 Å². The van der Waals surface area contributed by atoms with Crippen LogP contribution in [-0.2, 0) is 6.54 Å². The van der Waals surface area contributed by atoms with Crippen LogP contribution in [0.5, 0.6) is 5.75 Å². The molecule has 0 amide bonds. The predicted molar refractivity (Wildman–Crippen MR) is 73.4 cm³/mol. The molecule has 2 rings (SSSR count). The van der Waals surface area contributed by atoms with Gasteiger partial charge in [0.1, 0.15) is 5.75 Å². The Labute approximate surface area is 152 Å². The zero-order valence-corrected chi connectivity index (χ0v) is 16.6. The van der Waals surface area contributed by atoms with E-state index in [0.29, 0.717) is 5.56 Å². The number of rotatable bonds is 3. The van der Waals surface area contributed by atoms with E-state index in [1.165, 1.54) is 5.56 Å². The van der Waals surface area contributed by atoms with Crippen molar-refractivity contribution in [3.05, 3.63) is 59.9 Å². The Morgan fingerprint density at radius 3 is 1.71 bits per heavy atom. The van der Waals surface area contributed by atoms with Gasteiger partial charge in [-0.2, -0.15) is 5.26 Å². The van der Waals surface area contributed by atoms with E-state index in [2.05, 4.69) is 6.07 Å². The molecule has 0 atom stereocenters. The molecule has 1 aromatic carbocycles. The molecule has 0 saturated heterocycles. The van der Waals surface area contributed by atoms with Crippen LogP contribution in [0.1, 0.15) is 11.1 Å². The molecule has 0 fully saturated rings. The van der Waals surface area contributed by atoms with Crippen molar-refractivity contribution >= 4 is 24.4 Å². The first-order chi connectivity index (χ1) is 8.31. The summed E-state index contributed by atoms with van der Waals surface area (Å²) in [4.78, 5) is 0. The van der Waals surface area contributed by atoms with Gasteiger partial charge in [0.05, 0.1) is 18.7 Å². The monoisotopic (exact) mass is 463 g/mol. The van der Waals surface area contributed by atoms with Crippen molar-refractivity contribution in [2.75, 3.05) is 7.11 Å². The van der Waals surface area contributed by atoms with E-state index in [9.17, 15) is 0 Å². The van der Waals surface area contributed by atoms with Crippen molar-refractivity contribution in [2.24, 2.45) is 0 Å². The van der Waals surface area contributed by atoms with Crippen LogP contribution in [0.15, 0.2) is 48.8 Å². The molecule has 0 N–H and O–H groups in total. The molecule has 0 bridgehead atoms. The molecule has 0 radical (unpaired) electrons. The molecular weight excluding hydrogens is 448 g/mol. The first-order valence-corrected chi connectivity index (χ1v) is 5.34. The van der Waals surface area contributed by atoms with Crippen LogP contribution in [0, 0.1) is 11.3 Å². The summed E-state index contributed by atoms with van der Waals surface area (Å²) in [6.07, 6.45) is 3.81. The molecule has 140 valence electrons. The van der Waals surface area contributed by atoms with E-state index in [4.69, 9.17) is 10.00 Å². The fourth-order valence-corrected chi connectivity index (χ4v) is 1.58. The minimum absolute atomic E-state index is 0. The molecule has 0 spiro atoms. The summed E-state index contributed by atoms with van der Waals surface area (Å²) in [5.41, 5.74) is 1.87. The summed E-state index contributed by atoms with van der Waals surface area (Å²) in [5, 5.41) is 8.70. The van der Waals surface area contributed by atoms with Crippen molar-refractivity contribution < 1.29 is 37.5 Å². The van der Waals surface area contributed by atoms with Crippen LogP contribution in [-0.4, -0.2) is 31.5 Å². The molecule has 10 heteroatoms. The van der Waals surface area contributed by atoms with Gasteiger partial charge in [0.15, 0.2) is 18.9 Å². The summed E-state index contributed by atoms with van der Waals surface area (Å²) in [6.45, 7) is 0.787. The quantitative estimate of drug-likeness (QED) is 0.257. The Morgan fingerprint density at radius 2 is 1.33 bits per heavy atom. The third kappa shape index (κ3) is 10.7. The number of aromatic nitrogens is 1. The van der Waals surface area contributed by atoms with Gasteiger partial charge >= 0.3 is 24.4 Å². The number of ether oxygens (including phenoxy) is 1. The normalized spacial score (nSPS) is 6.83. The molecule has 24 heavy (non-hydrogen) atoms. The van der Waals surface area contributed by atoms with Gasteiger partial charge in [-0.3, -0.25) is 0 Å². The second-order valence-electron chi connectivity index (χ2n) is 3.72. The molecule has 0 unspecified atom stereocenters. The third-order valence-corrected chi connectivity index (χ3v) is 2.54. The van der Waals surface area contributed by atoms with Crippen LogP contribution >= 0.6 is 0 Å². The van der Waals surface area contributed by atoms with Crippen molar-refractivity contribution in [1.29, 1.82) is 5.26 Å². The average molecular weight is 464 g/mol. The maximum atomic E-state index is 8.70. The molecule has 0 saturated carbocycles. The summed E-state index contributed by atoms with van der Waals surface area (Å²) in [7, 11) is 1.66. The number of halogens is 6. The van der Waals surface area contributed by atoms with Crippen molar-refractivity contribution in [1.82, 2.24) is 0 Å². The number of benzene rings is 1. The van der Waals surface area contributed by atoms with Gasteiger partial charge < -0.3 is 33.0 Å². The van der Waals surface area contributed by atoms with E-state index in [1.807, 2.05) is 53.4 Å². The molecule has 3 nitrogen and oxygen atoms in total. The van der Waals surface area contributed by atoms with Gasteiger partial charge in [-0.25, -0.2) is 4.57 Å². The van der Waals surface area contributed by atoms with Gasteiger partial charge in [0.25, 0.3) is 0 Å². The maximum absolute atomic E-state index is 8.70. The topological polar surface area (TPSA) is 36.9 Å². The van der Waals surface area contributed by atoms with Gasteiger partial charge in [0, 0.05) is 17.7 Å². The van der Waals surface area contributed by atoms with Gasteiger partial charge in [0.2, 0.25) is 0 Å². The molecule has 0 aliphatic rings. The number of pyridine rings is 1. The number of nitrogens with zero attached hydrogens (tertiary/aromatic N) is 2. The Balaban J connectivity index is -0.000000116. The molecule has 0 aliphatic carbocycles. The van der Waals surface area contributed by atoms with Crippen LogP contribution in [0.3, 0.4) is 0 Å². The fourth-order valence-electron chi connectivity index (χ4n) is 1.58. The first kappa shape index (κ1) is 37.9. The van der Waals surface area contributed by atoms with Crippen LogP contribution in [0.2, 0.25) is 0 Å². The number of methoxy groups -OCH3 is 1. The third-order valence-electron chi connectivity index (χ3n) is 2.54. The van der Waals surface area contributed by atoms with Crippen molar-refractivity contribution in [3.63, 3.8) is 0 Å². The number of hydrogen-bond donors (Lipinski definition) is 0. The zero-order chi connectivity index (χ0) is 12.1. The zero-order valence-electron chi connectivity index (χ0n) is 12.6. The summed E-state index contributed by atoms with van der Waals surface area (Å²) in [6, 6.07) is 13.7. The van der Waals surface area contributed by atoms with Gasteiger partial charge in [-0.1, -0.05) is 0 Å². The molecule has 1 aromatic heterocycles. The molecular formula is C14H16F6N2OSb-5. The predicted octanol–water partition coefficient (Wildman–Crippen LogP) is -17.3. The number of hydrogen-bond acceptors (Lipinski definition) is 2. The Morgan fingerprint density at radius 1 is 0.875 bits per heavy atom. The Bertz CT molecular complexity index is 549. The Hall–Kier alpha value is -1.94. The summed E-state index contributed by atoms with van der Waals surface area (Å²) < 4.78 is 7.14. The van der Waals surface area contributed by atoms with Crippen molar-refractivity contribution in [3.8, 4) is 11.8 Å². The van der Waals surface area contributed by atoms with Gasteiger partial charge in [-0.05, 0) is 24.3 Å². The molecule has 0 aliphatic heterocycles.